The van der Waals surface area contributed by atoms with Gasteiger partial charge in [0.15, 0.2) is 0 Å². The van der Waals surface area contributed by atoms with Crippen molar-refractivity contribution < 1.29 is 31.4 Å². The van der Waals surface area contributed by atoms with Crippen LogP contribution in [0.2, 0.25) is 0 Å². The summed E-state index contributed by atoms with van der Waals surface area (Å²) < 4.78 is 49.6. The third-order valence-corrected chi connectivity index (χ3v) is 14.9. The van der Waals surface area contributed by atoms with Crippen LogP contribution in [0.15, 0.2) is 53.4 Å². The lowest BCUT2D eigenvalue weighted by Gasteiger charge is -2.26. The number of hydrogen-bond acceptors (Lipinski definition) is 11. The minimum Gasteiger partial charge on any atom is -0.425 e. The summed E-state index contributed by atoms with van der Waals surface area (Å²) in [6.07, 6.45) is 0.784. The molecular weight excluding hydrogens is 685 g/mol. The predicted octanol–water partition coefficient (Wildman–Crippen LogP) is 7.70. The normalized spacial score (nSPS) is 14.0. The van der Waals surface area contributed by atoms with Crippen molar-refractivity contribution >= 4 is 63.0 Å². The summed E-state index contributed by atoms with van der Waals surface area (Å²) in [5.41, 5.74) is -1.72. The van der Waals surface area contributed by atoms with Gasteiger partial charge in [-0.1, -0.05) is 42.6 Å². The summed E-state index contributed by atoms with van der Waals surface area (Å²) in [7, 11) is -3.49. The Kier molecular flexibility index (Phi) is 18.3. The van der Waals surface area contributed by atoms with Crippen LogP contribution in [0.1, 0.15) is 60.5 Å². The lowest BCUT2D eigenvalue weighted by molar-refractivity contribution is -0.385. The first-order valence-electron chi connectivity index (χ1n) is 14.1. The first-order chi connectivity index (χ1) is 20.5. The van der Waals surface area contributed by atoms with Gasteiger partial charge in [-0.15, -0.1) is 0 Å². The molecule has 0 spiro atoms. The molecule has 2 unspecified atom stereocenters. The standard InChI is InChI=1S/C14H24NO4PS3.C13H21N2O4PS/c1-12(2)18-20(21,19-13(3)4)22-11-10-15-23(16,17)14-8-6-5-7-9-14;1-5-11(4)14-20(21,18-6-2)19-13-9-10(3)7-8-12(13)15(16)17/h5-9,12-13,15H,10-11H2,1-4H3;7-9,11H,5-6H2,1-4H3,(H,14,21). The summed E-state index contributed by atoms with van der Waals surface area (Å²) in [5, 5.41) is 14.2. The van der Waals surface area contributed by atoms with Crippen molar-refractivity contribution in [2.75, 3.05) is 18.9 Å². The topological polar surface area (TPSA) is 138 Å². The van der Waals surface area contributed by atoms with E-state index in [0.717, 1.165) is 12.0 Å². The molecule has 0 fully saturated rings. The molecule has 0 saturated heterocycles. The number of hydrogen-bond donors (Lipinski definition) is 2. The number of benzene rings is 2. The van der Waals surface area contributed by atoms with E-state index in [0.29, 0.717) is 12.4 Å². The molecule has 250 valence electrons. The van der Waals surface area contributed by atoms with Crippen molar-refractivity contribution in [3.63, 3.8) is 0 Å². The lowest BCUT2D eigenvalue weighted by atomic mass is 10.2. The van der Waals surface area contributed by atoms with E-state index < -0.39 is 27.3 Å². The second kappa shape index (κ2) is 19.6. The highest BCUT2D eigenvalue weighted by atomic mass is 32.9. The van der Waals surface area contributed by atoms with Crippen LogP contribution in [-0.2, 0) is 47.2 Å². The number of nitrogens with one attached hydrogen (secondary N) is 2. The van der Waals surface area contributed by atoms with Crippen LogP contribution in [0.4, 0.5) is 5.69 Å². The molecule has 0 saturated carbocycles. The van der Waals surface area contributed by atoms with E-state index in [4.69, 9.17) is 41.7 Å². The van der Waals surface area contributed by atoms with Crippen molar-refractivity contribution in [1.82, 2.24) is 9.81 Å². The van der Waals surface area contributed by atoms with Crippen LogP contribution in [0, 0.1) is 17.0 Å². The molecule has 2 aromatic rings. The number of aryl methyl sites for hydroxylation is 1. The molecule has 0 bridgehead atoms. The van der Waals surface area contributed by atoms with Crippen molar-refractivity contribution in [2.45, 2.75) is 85.0 Å². The Labute approximate surface area is 276 Å². The van der Waals surface area contributed by atoms with Gasteiger partial charge in [0.05, 0.1) is 28.6 Å². The first kappa shape index (κ1) is 41.1. The third kappa shape index (κ3) is 15.6. The van der Waals surface area contributed by atoms with Gasteiger partial charge in [-0.3, -0.25) is 10.1 Å². The largest absolute Gasteiger partial charge is 0.425 e. The zero-order chi connectivity index (χ0) is 33.6. The van der Waals surface area contributed by atoms with Gasteiger partial charge in [-0.25, -0.2) is 18.2 Å². The van der Waals surface area contributed by atoms with Crippen LogP contribution in [0.5, 0.6) is 5.75 Å². The molecule has 11 nitrogen and oxygen atoms in total. The van der Waals surface area contributed by atoms with Gasteiger partial charge in [0, 0.05) is 24.4 Å². The third-order valence-electron chi connectivity index (χ3n) is 5.20. The minimum atomic E-state index is -3.49. The molecule has 2 atom stereocenters. The molecule has 0 aliphatic carbocycles. The highest BCUT2D eigenvalue weighted by Gasteiger charge is 2.27. The second-order valence-corrected chi connectivity index (χ2v) is 21.2. The van der Waals surface area contributed by atoms with Gasteiger partial charge < -0.3 is 18.1 Å². The molecule has 44 heavy (non-hydrogen) atoms. The van der Waals surface area contributed by atoms with Crippen LogP contribution < -0.4 is 14.3 Å². The fraction of sp³-hybridized carbons (Fsp3) is 0.556. The smallest absolute Gasteiger partial charge is 0.313 e. The van der Waals surface area contributed by atoms with Crippen LogP contribution in [0.25, 0.3) is 0 Å². The first-order valence-corrected chi connectivity index (χ1v) is 22.4. The Morgan fingerprint density at radius 1 is 1.00 bits per heavy atom. The molecule has 0 aliphatic heterocycles. The van der Waals surface area contributed by atoms with E-state index in [1.54, 1.807) is 42.5 Å². The zero-order valence-electron chi connectivity index (χ0n) is 26.4. The second-order valence-electron chi connectivity index (χ2n) is 9.97. The molecule has 0 heterocycles. The Balaban J connectivity index is 0.000000442. The summed E-state index contributed by atoms with van der Waals surface area (Å²) in [6.45, 7) is 13.1. The van der Waals surface area contributed by atoms with Gasteiger partial charge in [0.1, 0.15) is 0 Å². The van der Waals surface area contributed by atoms with E-state index >= 15 is 0 Å². The van der Waals surface area contributed by atoms with E-state index in [1.165, 1.54) is 17.4 Å². The Morgan fingerprint density at radius 3 is 2.09 bits per heavy atom. The maximum Gasteiger partial charge on any atom is 0.313 e. The Morgan fingerprint density at radius 2 is 1.59 bits per heavy atom. The van der Waals surface area contributed by atoms with Crippen molar-refractivity contribution in [2.24, 2.45) is 0 Å². The van der Waals surface area contributed by atoms with E-state index in [1.807, 2.05) is 55.4 Å². The molecule has 2 aromatic carbocycles. The van der Waals surface area contributed by atoms with E-state index in [9.17, 15) is 18.5 Å². The molecule has 0 radical (unpaired) electrons. The molecule has 2 rings (SSSR count). The maximum atomic E-state index is 12.1. The van der Waals surface area contributed by atoms with E-state index in [-0.39, 0.29) is 41.1 Å². The maximum absolute atomic E-state index is 12.1. The number of nitro groups is 1. The van der Waals surface area contributed by atoms with Crippen LogP contribution in [0.3, 0.4) is 0 Å². The SMILES string of the molecule is CC(C)OP(=S)(OC(C)C)SCCNS(=O)(=O)c1ccccc1.CCOP(=S)(NC(C)CC)Oc1cc(C)ccc1[N+](=O)[O-]. The number of nitro benzene ring substituents is 1. The van der Waals surface area contributed by atoms with Gasteiger partial charge in [0.2, 0.25) is 21.5 Å². The van der Waals surface area contributed by atoms with Gasteiger partial charge in [-0.2, -0.15) is 0 Å². The Bertz CT molecular complexity index is 1370. The Hall–Kier alpha value is -0.960. The number of nitrogens with zero attached hydrogens (tertiary/aromatic N) is 1. The highest BCUT2D eigenvalue weighted by Crippen LogP contribution is 2.62. The summed E-state index contributed by atoms with van der Waals surface area (Å²) in [6, 6.07) is 13.1. The van der Waals surface area contributed by atoms with Gasteiger partial charge in [0.25, 0.3) is 0 Å². The van der Waals surface area contributed by atoms with Crippen molar-refractivity contribution in [3.8, 4) is 5.75 Å². The summed E-state index contributed by atoms with van der Waals surface area (Å²) >= 11 is 12.3. The molecule has 0 aliphatic rings. The average Bonchev–Trinajstić information content (AvgIpc) is 2.91. The monoisotopic (exact) mass is 729 g/mol. The minimum absolute atomic E-state index is 0.0342. The predicted molar refractivity (Wildman–Crippen MR) is 188 cm³/mol. The highest BCUT2D eigenvalue weighted by molar-refractivity contribution is 8.67. The van der Waals surface area contributed by atoms with Crippen molar-refractivity contribution in [3.05, 3.63) is 64.2 Å². The molecule has 0 aromatic heterocycles. The van der Waals surface area contributed by atoms with E-state index in [2.05, 4.69) is 9.81 Å². The molecule has 2 N–H and O–H groups in total. The molecule has 17 heteroatoms. The fourth-order valence-corrected chi connectivity index (χ4v) is 12.8. The van der Waals surface area contributed by atoms with Gasteiger partial charge >= 0.3 is 12.3 Å². The number of rotatable bonds is 18. The van der Waals surface area contributed by atoms with Gasteiger partial charge in [-0.05, 0) is 102 Å². The molecular formula is C27H45N3O8P2S4. The fourth-order valence-electron chi connectivity index (χ4n) is 3.21. The molecule has 0 amide bonds. The zero-order valence-corrected chi connectivity index (χ0v) is 31.5. The lowest BCUT2D eigenvalue weighted by Crippen LogP contribution is -2.26. The van der Waals surface area contributed by atoms with Crippen LogP contribution in [-0.4, -0.2) is 50.5 Å². The summed E-state index contributed by atoms with van der Waals surface area (Å²) in [5.74, 6) is 0.635. The van der Waals surface area contributed by atoms with Crippen LogP contribution >= 0.6 is 23.7 Å². The average molecular weight is 730 g/mol. The van der Waals surface area contributed by atoms with Crippen molar-refractivity contribution in [1.29, 1.82) is 0 Å². The number of sulfonamides is 1. The summed E-state index contributed by atoms with van der Waals surface area (Å²) in [4.78, 5) is 10.9. The quantitative estimate of drug-likeness (QED) is 0.0673.